The lowest BCUT2D eigenvalue weighted by molar-refractivity contribution is -0.0287. The number of nitrogens with two attached hydrogens (primary N) is 1. The van der Waals surface area contributed by atoms with Crippen molar-refractivity contribution in [2.75, 3.05) is 0 Å². The molecule has 0 aromatic carbocycles. The number of hydrogen-bond acceptors (Lipinski definition) is 2. The molecular formula is C8H14N2O. The van der Waals surface area contributed by atoms with E-state index in [1.54, 1.807) is 0 Å². The molecule has 0 aliphatic carbocycles. The SMILES string of the molecule is Cn1cccc1C(C)(C)ON. The Morgan fingerprint density at radius 2 is 2.18 bits per heavy atom. The number of nitrogens with zero attached hydrogens (tertiary/aromatic N) is 1. The van der Waals surface area contributed by atoms with E-state index in [0.717, 1.165) is 5.69 Å². The molecule has 0 spiro atoms. The molecule has 0 saturated carbocycles. The monoisotopic (exact) mass is 154 g/mol. The molecule has 0 aliphatic heterocycles. The lowest BCUT2D eigenvalue weighted by Crippen LogP contribution is -2.27. The van der Waals surface area contributed by atoms with Gasteiger partial charge in [0, 0.05) is 13.2 Å². The average Bonchev–Trinajstić information content (AvgIpc) is 2.36. The van der Waals surface area contributed by atoms with Gasteiger partial charge in [0.25, 0.3) is 0 Å². The zero-order valence-corrected chi connectivity index (χ0v) is 7.16. The zero-order chi connectivity index (χ0) is 8.48. The summed E-state index contributed by atoms with van der Waals surface area (Å²) in [6.45, 7) is 3.87. The van der Waals surface area contributed by atoms with Gasteiger partial charge in [-0.25, -0.2) is 5.90 Å². The molecule has 0 radical (unpaired) electrons. The minimum absolute atomic E-state index is 0.405. The highest BCUT2D eigenvalue weighted by Gasteiger charge is 2.22. The van der Waals surface area contributed by atoms with Crippen LogP contribution in [-0.4, -0.2) is 4.57 Å². The predicted octanol–water partition coefficient (Wildman–Crippen LogP) is 1.15. The van der Waals surface area contributed by atoms with Gasteiger partial charge in [0.1, 0.15) is 5.60 Å². The molecule has 3 heteroatoms. The molecule has 1 heterocycles. The molecule has 0 aliphatic rings. The molecule has 3 nitrogen and oxygen atoms in total. The lowest BCUT2D eigenvalue weighted by atomic mass is 10.1. The van der Waals surface area contributed by atoms with E-state index in [2.05, 4.69) is 0 Å². The van der Waals surface area contributed by atoms with Crippen LogP contribution >= 0.6 is 0 Å². The van der Waals surface area contributed by atoms with Crippen molar-refractivity contribution in [3.8, 4) is 0 Å². The standard InChI is InChI=1S/C8H14N2O/c1-8(2,11-9)7-5-4-6-10(7)3/h4-6H,9H2,1-3H3. The summed E-state index contributed by atoms with van der Waals surface area (Å²) in [7, 11) is 1.97. The van der Waals surface area contributed by atoms with Crippen molar-refractivity contribution in [2.24, 2.45) is 12.9 Å². The molecule has 0 bridgehead atoms. The molecule has 1 aromatic rings. The van der Waals surface area contributed by atoms with E-state index < -0.39 is 5.60 Å². The maximum Gasteiger partial charge on any atom is 0.123 e. The van der Waals surface area contributed by atoms with Crippen molar-refractivity contribution in [3.63, 3.8) is 0 Å². The first-order chi connectivity index (χ1) is 5.08. The maximum absolute atomic E-state index is 5.15. The maximum atomic E-state index is 5.15. The zero-order valence-electron chi connectivity index (χ0n) is 7.16. The summed E-state index contributed by atoms with van der Waals surface area (Å²) in [5.74, 6) is 5.15. The van der Waals surface area contributed by atoms with E-state index in [1.165, 1.54) is 0 Å². The van der Waals surface area contributed by atoms with Gasteiger partial charge in [-0.3, -0.25) is 4.84 Å². The number of hydrogen-bond donors (Lipinski definition) is 1. The van der Waals surface area contributed by atoms with Crippen LogP contribution in [0.15, 0.2) is 18.3 Å². The van der Waals surface area contributed by atoms with E-state index in [-0.39, 0.29) is 0 Å². The quantitative estimate of drug-likeness (QED) is 0.649. The van der Waals surface area contributed by atoms with Crippen molar-refractivity contribution in [1.82, 2.24) is 4.57 Å². The summed E-state index contributed by atoms with van der Waals surface area (Å²) >= 11 is 0. The average molecular weight is 154 g/mol. The summed E-state index contributed by atoms with van der Waals surface area (Å²) in [4.78, 5) is 4.84. The third kappa shape index (κ3) is 1.44. The van der Waals surface area contributed by atoms with Crippen LogP contribution in [-0.2, 0) is 17.5 Å². The van der Waals surface area contributed by atoms with Crippen LogP contribution in [0.2, 0.25) is 0 Å². The first kappa shape index (κ1) is 8.30. The summed E-state index contributed by atoms with van der Waals surface area (Å²) in [5, 5.41) is 0. The third-order valence-corrected chi connectivity index (χ3v) is 1.86. The van der Waals surface area contributed by atoms with Gasteiger partial charge in [-0.05, 0) is 26.0 Å². The van der Waals surface area contributed by atoms with Gasteiger partial charge in [-0.2, -0.15) is 0 Å². The lowest BCUT2D eigenvalue weighted by Gasteiger charge is -2.22. The van der Waals surface area contributed by atoms with Crippen LogP contribution in [0.4, 0.5) is 0 Å². The smallest absolute Gasteiger partial charge is 0.123 e. The van der Waals surface area contributed by atoms with E-state index >= 15 is 0 Å². The minimum Gasteiger partial charge on any atom is -0.352 e. The van der Waals surface area contributed by atoms with Gasteiger partial charge in [-0.15, -0.1) is 0 Å². The van der Waals surface area contributed by atoms with Crippen molar-refractivity contribution in [2.45, 2.75) is 19.4 Å². The highest BCUT2D eigenvalue weighted by Crippen LogP contribution is 2.21. The molecule has 62 valence electrons. The van der Waals surface area contributed by atoms with E-state index in [9.17, 15) is 0 Å². The van der Waals surface area contributed by atoms with Gasteiger partial charge in [0.2, 0.25) is 0 Å². The highest BCUT2D eigenvalue weighted by atomic mass is 16.6. The van der Waals surface area contributed by atoms with Crippen LogP contribution in [0.3, 0.4) is 0 Å². The molecule has 0 unspecified atom stereocenters. The Morgan fingerprint density at radius 1 is 1.55 bits per heavy atom. The molecule has 0 atom stereocenters. The van der Waals surface area contributed by atoms with Gasteiger partial charge in [0.15, 0.2) is 0 Å². The van der Waals surface area contributed by atoms with E-state index in [0.29, 0.717) is 0 Å². The Hall–Kier alpha value is -0.800. The molecule has 0 fully saturated rings. The Morgan fingerprint density at radius 3 is 2.55 bits per heavy atom. The second-order valence-corrected chi connectivity index (χ2v) is 3.13. The van der Waals surface area contributed by atoms with Crippen LogP contribution in [0.5, 0.6) is 0 Å². The fourth-order valence-corrected chi connectivity index (χ4v) is 1.15. The largest absolute Gasteiger partial charge is 0.352 e. The van der Waals surface area contributed by atoms with E-state index in [1.807, 2.05) is 43.8 Å². The van der Waals surface area contributed by atoms with E-state index in [4.69, 9.17) is 10.7 Å². The molecule has 1 rings (SSSR count). The summed E-state index contributed by atoms with van der Waals surface area (Å²) in [5.41, 5.74) is 0.665. The molecule has 11 heavy (non-hydrogen) atoms. The van der Waals surface area contributed by atoms with Crippen LogP contribution in [0.1, 0.15) is 19.5 Å². The minimum atomic E-state index is -0.405. The third-order valence-electron chi connectivity index (χ3n) is 1.86. The first-order valence-electron chi connectivity index (χ1n) is 3.57. The summed E-state index contributed by atoms with van der Waals surface area (Å²) in [6.07, 6.45) is 1.97. The van der Waals surface area contributed by atoms with Gasteiger partial charge < -0.3 is 4.57 Å². The number of aryl methyl sites for hydroxylation is 1. The summed E-state index contributed by atoms with van der Waals surface area (Å²) < 4.78 is 1.99. The van der Waals surface area contributed by atoms with Crippen molar-refractivity contribution >= 4 is 0 Å². The number of rotatable bonds is 2. The fourth-order valence-electron chi connectivity index (χ4n) is 1.15. The van der Waals surface area contributed by atoms with Gasteiger partial charge in [0.05, 0.1) is 5.69 Å². The van der Waals surface area contributed by atoms with Crippen molar-refractivity contribution in [1.29, 1.82) is 0 Å². The van der Waals surface area contributed by atoms with Crippen molar-refractivity contribution < 1.29 is 4.84 Å². The molecule has 0 amide bonds. The Bertz CT molecular complexity index is 240. The number of aromatic nitrogens is 1. The van der Waals surface area contributed by atoms with Crippen LogP contribution < -0.4 is 5.90 Å². The van der Waals surface area contributed by atoms with Crippen LogP contribution in [0.25, 0.3) is 0 Å². The molecule has 1 aromatic heterocycles. The van der Waals surface area contributed by atoms with Gasteiger partial charge in [-0.1, -0.05) is 0 Å². The van der Waals surface area contributed by atoms with Crippen LogP contribution in [0, 0.1) is 0 Å². The molecule has 2 N–H and O–H groups in total. The van der Waals surface area contributed by atoms with Gasteiger partial charge >= 0.3 is 0 Å². The fraction of sp³-hybridized carbons (Fsp3) is 0.500. The summed E-state index contributed by atoms with van der Waals surface area (Å²) in [6, 6.07) is 3.96. The highest BCUT2D eigenvalue weighted by molar-refractivity contribution is 5.13. The second kappa shape index (κ2) is 2.68. The first-order valence-corrected chi connectivity index (χ1v) is 3.57. The Labute approximate surface area is 66.7 Å². The topological polar surface area (TPSA) is 40.2 Å². The predicted molar refractivity (Wildman–Crippen MR) is 43.7 cm³/mol. The molecule has 0 saturated heterocycles. The Kier molecular flexibility index (Phi) is 2.02. The normalized spacial score (nSPS) is 12.0. The second-order valence-electron chi connectivity index (χ2n) is 3.13. The Balaban J connectivity index is 3.00. The van der Waals surface area contributed by atoms with Crippen molar-refractivity contribution in [3.05, 3.63) is 24.0 Å². The molecular weight excluding hydrogens is 140 g/mol.